The minimum Gasteiger partial charge on any atom is -0.278 e. The van der Waals surface area contributed by atoms with Gasteiger partial charge in [-0.3, -0.25) is 4.57 Å². The topological polar surface area (TPSA) is 43.6 Å². The minimum atomic E-state index is 0.114. The number of nitrogens with zero attached hydrogens (tertiary/aromatic N) is 4. The highest BCUT2D eigenvalue weighted by molar-refractivity contribution is 7.28. The molecule has 67 heavy (non-hydrogen) atoms. The number of para-hydroxylation sites is 2. The summed E-state index contributed by atoms with van der Waals surface area (Å²) < 4.78 is 3.21. The second kappa shape index (κ2) is 15.6. The van der Waals surface area contributed by atoms with Crippen LogP contribution in [0.2, 0.25) is 0 Å². The number of hydrogen-bond acceptors (Lipinski definition) is 4. The zero-order chi connectivity index (χ0) is 46.0. The lowest BCUT2D eigenvalue weighted by Gasteiger charge is -2.21. The van der Waals surface area contributed by atoms with E-state index >= 15 is 0 Å². The molecule has 14 heteroatoms. The largest absolute Gasteiger partial charge is 0.278 e. The highest BCUT2D eigenvalue weighted by Gasteiger charge is 2.26. The molecule has 0 saturated heterocycles. The molecule has 3 aromatic heterocycles. The molecule has 3 heterocycles. The van der Waals surface area contributed by atoms with Gasteiger partial charge in [0.1, 0.15) is 70.6 Å². The number of fused-ring (bicyclic) bond motifs is 9. The smallest absolute Gasteiger partial charge is 0.238 e. The maximum atomic E-state index is 7.09. The fourth-order valence-corrected chi connectivity index (χ4v) is 10.9. The van der Waals surface area contributed by atoms with Gasteiger partial charge >= 0.3 is 0 Å². The molecule has 4 nitrogen and oxygen atoms in total. The van der Waals surface area contributed by atoms with Gasteiger partial charge in [0.05, 0.1) is 11.0 Å². The molecule has 12 rings (SSSR count). The Morgan fingerprint density at radius 1 is 0.343 bits per heavy atom. The van der Waals surface area contributed by atoms with Gasteiger partial charge in [0.15, 0.2) is 11.6 Å². The molecule has 0 saturated carbocycles. The zero-order valence-corrected chi connectivity index (χ0v) is 36.5. The van der Waals surface area contributed by atoms with Crippen LogP contribution in [0.15, 0.2) is 140 Å². The van der Waals surface area contributed by atoms with Crippen LogP contribution in [-0.2, 0) is 0 Å². The lowest BCUT2D eigenvalue weighted by atomic mass is 9.61. The van der Waals surface area contributed by atoms with Crippen molar-refractivity contribution in [3.8, 4) is 51.0 Å². The maximum Gasteiger partial charge on any atom is 0.238 e. The molecular weight excluding hydrogens is 822 g/mol. The first kappa shape index (κ1) is 41.5. The number of thiophene rings is 1. The summed E-state index contributed by atoms with van der Waals surface area (Å²) in [6, 6.07) is 47.8. The van der Waals surface area contributed by atoms with Crippen molar-refractivity contribution in [1.29, 1.82) is 0 Å². The van der Waals surface area contributed by atoms with Crippen LogP contribution < -0.4 is 49.2 Å². The van der Waals surface area contributed by atoms with Crippen LogP contribution in [0.25, 0.3) is 115 Å². The van der Waals surface area contributed by atoms with Crippen LogP contribution in [0, 0.1) is 0 Å². The van der Waals surface area contributed by atoms with E-state index in [0.717, 1.165) is 49.6 Å². The first-order valence-corrected chi connectivity index (χ1v) is 22.2. The molecule has 0 amide bonds. The van der Waals surface area contributed by atoms with Crippen LogP contribution in [0.3, 0.4) is 0 Å². The molecule has 0 spiro atoms. The fourth-order valence-electron chi connectivity index (χ4n) is 9.58. The van der Waals surface area contributed by atoms with Crippen LogP contribution in [0.4, 0.5) is 0 Å². The molecule has 0 fully saturated rings. The van der Waals surface area contributed by atoms with Crippen molar-refractivity contribution >= 4 is 195 Å². The number of aromatic nitrogens is 4. The Kier molecular flexibility index (Phi) is 9.67. The van der Waals surface area contributed by atoms with Crippen LogP contribution in [0.1, 0.15) is 0 Å². The summed E-state index contributed by atoms with van der Waals surface area (Å²) in [7, 11) is 60.7. The third kappa shape index (κ3) is 6.29. The van der Waals surface area contributed by atoms with E-state index in [1.165, 1.54) is 22.1 Å². The summed E-state index contributed by atoms with van der Waals surface area (Å²) in [6.45, 7) is 0. The van der Waals surface area contributed by atoms with E-state index < -0.39 is 0 Å². The lowest BCUT2D eigenvalue weighted by molar-refractivity contribution is 0.955. The molecule has 0 atom stereocenters. The Hall–Kier alpha value is -6.89. The summed E-state index contributed by atoms with van der Waals surface area (Å²) in [5.74, 6) is 0.962. The van der Waals surface area contributed by atoms with E-state index in [1.54, 1.807) is 0 Å². The maximum absolute atomic E-state index is 7.09. The predicted octanol–water partition coefficient (Wildman–Crippen LogP) is 3.46. The molecule has 18 radical (unpaired) electrons. The van der Waals surface area contributed by atoms with E-state index in [4.69, 9.17) is 85.6 Å². The van der Waals surface area contributed by atoms with Gasteiger partial charge < -0.3 is 0 Å². The molecule has 0 bridgehead atoms. The van der Waals surface area contributed by atoms with E-state index in [9.17, 15) is 0 Å². The Morgan fingerprint density at radius 2 is 0.851 bits per heavy atom. The lowest BCUT2D eigenvalue weighted by Crippen LogP contribution is -2.50. The van der Waals surface area contributed by atoms with Gasteiger partial charge in [-0.15, -0.1) is 27.7 Å². The molecule has 0 aliphatic heterocycles. The van der Waals surface area contributed by atoms with Crippen molar-refractivity contribution in [2.45, 2.75) is 0 Å². The van der Waals surface area contributed by atoms with Crippen molar-refractivity contribution in [2.75, 3.05) is 0 Å². The molecule has 9 aromatic carbocycles. The van der Waals surface area contributed by atoms with Crippen molar-refractivity contribution in [3.63, 3.8) is 0 Å². The van der Waals surface area contributed by atoms with Crippen molar-refractivity contribution < 1.29 is 0 Å². The first-order chi connectivity index (χ1) is 32.5. The van der Waals surface area contributed by atoms with Gasteiger partial charge in [-0.05, 0) is 73.5 Å². The summed E-state index contributed by atoms with van der Waals surface area (Å²) in [4.78, 5) is 15.7. The third-order valence-corrected chi connectivity index (χ3v) is 14.3. The Balaban J connectivity index is 1.11. The highest BCUT2D eigenvalue weighted by atomic mass is 32.1. The Morgan fingerprint density at radius 3 is 1.54 bits per heavy atom. The van der Waals surface area contributed by atoms with Crippen molar-refractivity contribution in [2.24, 2.45) is 0 Å². The summed E-state index contributed by atoms with van der Waals surface area (Å²) in [5, 5.41) is 6.39. The SMILES string of the molecule is [B]c1c([B])c(-c2nc(-c3cccc(-c4ccc(-c5ccc6ccccc6c5)cc4)c3)nc(-n3c4ccccc4c4ccccc43)n2)c2c(sc3c4c([B])c([B])c([B])c([B])c4c([B])c([B])c32)c1[B]. The first-order valence-electron chi connectivity index (χ1n) is 21.4. The van der Waals surface area contributed by atoms with Crippen LogP contribution in [-0.4, -0.2) is 90.1 Å². The van der Waals surface area contributed by atoms with Gasteiger partial charge in [-0.2, -0.15) is 9.97 Å². The summed E-state index contributed by atoms with van der Waals surface area (Å²) in [5.41, 5.74) is 8.70. The average Bonchev–Trinajstić information content (AvgIpc) is 3.92. The molecule has 0 unspecified atom stereocenters. The predicted molar refractivity (Wildman–Crippen MR) is 292 cm³/mol. The Bertz CT molecular complexity index is 4060. The summed E-state index contributed by atoms with van der Waals surface area (Å²) in [6.07, 6.45) is 0. The van der Waals surface area contributed by atoms with Crippen molar-refractivity contribution in [1.82, 2.24) is 19.5 Å². The van der Waals surface area contributed by atoms with E-state index in [-0.39, 0.29) is 55.0 Å². The Labute approximate surface area is 402 Å². The number of benzene rings is 9. The normalized spacial score (nSPS) is 11.8. The average molecular weight is 845 g/mol. The van der Waals surface area contributed by atoms with Crippen LogP contribution in [0.5, 0.6) is 0 Å². The number of rotatable bonds is 5. The monoisotopic (exact) mass is 846 g/mol. The second-order valence-corrected chi connectivity index (χ2v) is 17.8. The molecule has 0 aliphatic rings. The van der Waals surface area contributed by atoms with E-state index in [1.807, 2.05) is 53.1 Å². The number of hydrogen-bond donors (Lipinski definition) is 0. The van der Waals surface area contributed by atoms with Crippen LogP contribution >= 0.6 is 11.3 Å². The fraction of sp³-hybridized carbons (Fsp3) is 0. The zero-order valence-electron chi connectivity index (χ0n) is 35.7. The van der Waals surface area contributed by atoms with Gasteiger partial charge in [0.2, 0.25) is 5.95 Å². The molecular formula is C53H23B9N4S. The van der Waals surface area contributed by atoms with E-state index in [2.05, 4.69) is 91.0 Å². The molecule has 0 aliphatic carbocycles. The van der Waals surface area contributed by atoms with Gasteiger partial charge in [-0.25, -0.2) is 4.98 Å². The minimum absolute atomic E-state index is 0.114. The van der Waals surface area contributed by atoms with E-state index in [0.29, 0.717) is 48.3 Å². The summed E-state index contributed by atoms with van der Waals surface area (Å²) >= 11 is 1.31. The van der Waals surface area contributed by atoms with Crippen molar-refractivity contribution in [3.05, 3.63) is 140 Å². The highest BCUT2D eigenvalue weighted by Crippen LogP contribution is 2.40. The molecule has 12 aromatic rings. The quantitative estimate of drug-likeness (QED) is 0.250. The van der Waals surface area contributed by atoms with Gasteiger partial charge in [0, 0.05) is 36.7 Å². The van der Waals surface area contributed by atoms with Gasteiger partial charge in [0.25, 0.3) is 0 Å². The second-order valence-electron chi connectivity index (χ2n) is 16.7. The molecule has 0 N–H and O–H groups in total. The third-order valence-electron chi connectivity index (χ3n) is 13.0. The molecule has 288 valence electrons. The van der Waals surface area contributed by atoms with Gasteiger partial charge in [-0.1, -0.05) is 148 Å². The standard InChI is InChI=1S/C53H23B9N4S/c54-40-36-38(43(57)46(60)45(59)41(36)55)49-37(42(40)56)35-39(44(58)47(61)48(62)50(35)67-49)52-63-51(64-53(65-52)66-33-14-5-3-12-31(33)32-13-4-6-15-34(32)66)30-11-7-10-28(23-30)25-16-18-26(19-17-25)29-21-20-24-8-1-2-9-27(24)22-29/h1-23H.